The highest BCUT2D eigenvalue weighted by molar-refractivity contribution is 8.01. The monoisotopic (exact) mass is 425 g/mol. The molecule has 0 aliphatic carbocycles. The molecule has 0 aromatic carbocycles. The molecule has 0 fully saturated rings. The Labute approximate surface area is 191 Å². The molecule has 0 nitrogen and oxygen atoms in total. The lowest BCUT2D eigenvalue weighted by Crippen LogP contribution is -1.85. The van der Waals surface area contributed by atoms with E-state index in [2.05, 4.69) is 31.4 Å². The van der Waals surface area contributed by atoms with Crippen molar-refractivity contribution in [3.05, 3.63) is 5.75 Å². The first-order valence-corrected chi connectivity index (χ1v) is 14.9. The second-order valence-electron chi connectivity index (χ2n) is 9.25. The third kappa shape index (κ3) is 28.4. The average Bonchev–Trinajstić information content (AvgIpc) is 2.74. The van der Waals surface area contributed by atoms with Crippen molar-refractivity contribution in [2.24, 2.45) is 0 Å². The summed E-state index contributed by atoms with van der Waals surface area (Å²) in [5, 5.41) is 0. The molecule has 175 valence electrons. The molecule has 0 saturated heterocycles. The highest BCUT2D eigenvalue weighted by Gasteiger charge is 1.96. The fourth-order valence-corrected chi connectivity index (χ4v) is 4.96. The molecule has 0 amide bonds. The zero-order chi connectivity index (χ0) is 21.1. The second-order valence-corrected chi connectivity index (χ2v) is 10.3. The molecule has 0 aromatic heterocycles. The number of unbranched alkanes of at least 4 members (excludes halogenated alkanes) is 22. The van der Waals surface area contributed by atoms with Crippen LogP contribution in [-0.4, -0.2) is 5.75 Å². The van der Waals surface area contributed by atoms with E-state index in [-0.39, 0.29) is 0 Å². The van der Waals surface area contributed by atoms with Crippen molar-refractivity contribution in [1.29, 1.82) is 0 Å². The number of hydrogen-bond donors (Lipinski definition) is 0. The summed E-state index contributed by atoms with van der Waals surface area (Å²) in [6.07, 6.45) is 34.8. The first-order chi connectivity index (χ1) is 14.4. The van der Waals surface area contributed by atoms with Gasteiger partial charge in [0.25, 0.3) is 0 Å². The van der Waals surface area contributed by atoms with Crippen LogP contribution < -0.4 is 0 Å². The Morgan fingerprint density at radius 3 is 1.07 bits per heavy atom. The Balaban J connectivity index is 2.97. The minimum absolute atomic E-state index is 1.33. The Bertz CT molecular complexity index is 237. The second kappa shape index (κ2) is 28.4. The number of thioether (sulfide) groups is 1. The minimum atomic E-state index is 1.33. The van der Waals surface area contributed by atoms with Gasteiger partial charge in [-0.1, -0.05) is 155 Å². The smallest absolute Gasteiger partial charge is 0.0166 e. The SMILES string of the molecule is CCCCCCCCCCCCCCC[CH]SCCCCCCCCCCCC. The lowest BCUT2D eigenvalue weighted by atomic mass is 10.0. The molecule has 0 atom stereocenters. The van der Waals surface area contributed by atoms with Gasteiger partial charge in [-0.05, 0) is 18.6 Å². The third-order valence-corrected chi connectivity index (χ3v) is 7.15. The van der Waals surface area contributed by atoms with E-state index in [1.165, 1.54) is 160 Å². The van der Waals surface area contributed by atoms with Gasteiger partial charge in [0.2, 0.25) is 0 Å². The van der Waals surface area contributed by atoms with Gasteiger partial charge in [-0.15, -0.1) is 0 Å². The molecule has 0 N–H and O–H groups in total. The summed E-state index contributed by atoms with van der Waals surface area (Å²) in [6.45, 7) is 4.60. The van der Waals surface area contributed by atoms with E-state index in [0.717, 1.165) is 0 Å². The normalized spacial score (nSPS) is 11.4. The van der Waals surface area contributed by atoms with Gasteiger partial charge >= 0.3 is 0 Å². The van der Waals surface area contributed by atoms with Crippen LogP contribution in [0.4, 0.5) is 0 Å². The molecule has 1 radical (unpaired) electrons. The largest absolute Gasteiger partial charge is 0.157 e. The topological polar surface area (TPSA) is 0 Å². The molecule has 0 bridgehead atoms. The predicted octanol–water partition coefficient (Wildman–Crippen LogP) is 11.3. The molecule has 0 aliphatic rings. The first-order valence-electron chi connectivity index (χ1n) is 13.8. The molecular weight excluding hydrogens is 368 g/mol. The van der Waals surface area contributed by atoms with Crippen LogP contribution in [0.15, 0.2) is 0 Å². The maximum atomic E-state index is 2.49. The van der Waals surface area contributed by atoms with Crippen LogP contribution >= 0.6 is 11.8 Å². The van der Waals surface area contributed by atoms with Crippen molar-refractivity contribution in [3.8, 4) is 0 Å². The van der Waals surface area contributed by atoms with Gasteiger partial charge in [0.1, 0.15) is 0 Å². The molecule has 0 unspecified atom stereocenters. The van der Waals surface area contributed by atoms with E-state index >= 15 is 0 Å². The highest BCUT2D eigenvalue weighted by atomic mass is 32.2. The van der Waals surface area contributed by atoms with Gasteiger partial charge in [0.15, 0.2) is 0 Å². The van der Waals surface area contributed by atoms with Crippen molar-refractivity contribution in [2.75, 3.05) is 5.75 Å². The van der Waals surface area contributed by atoms with Crippen molar-refractivity contribution < 1.29 is 0 Å². The van der Waals surface area contributed by atoms with Gasteiger partial charge in [-0.2, -0.15) is 11.8 Å². The lowest BCUT2D eigenvalue weighted by Gasteiger charge is -2.04. The summed E-state index contributed by atoms with van der Waals surface area (Å²) < 4.78 is 0. The van der Waals surface area contributed by atoms with Gasteiger partial charge in [-0.3, -0.25) is 0 Å². The average molecular weight is 426 g/mol. The van der Waals surface area contributed by atoms with E-state index < -0.39 is 0 Å². The molecule has 0 aromatic rings. The van der Waals surface area contributed by atoms with Crippen LogP contribution in [0.5, 0.6) is 0 Å². The van der Waals surface area contributed by atoms with E-state index in [1.807, 2.05) is 0 Å². The molecule has 1 heteroatoms. The molecular formula is C28H57S. The summed E-state index contributed by atoms with van der Waals surface area (Å²) in [4.78, 5) is 0. The van der Waals surface area contributed by atoms with Gasteiger partial charge in [0.05, 0.1) is 0 Å². The van der Waals surface area contributed by atoms with Crippen molar-refractivity contribution >= 4 is 11.8 Å². The van der Waals surface area contributed by atoms with Gasteiger partial charge in [-0.25, -0.2) is 0 Å². The van der Waals surface area contributed by atoms with Crippen molar-refractivity contribution in [1.82, 2.24) is 0 Å². The van der Waals surface area contributed by atoms with Crippen molar-refractivity contribution in [3.63, 3.8) is 0 Å². The van der Waals surface area contributed by atoms with Crippen LogP contribution in [0.25, 0.3) is 0 Å². The summed E-state index contributed by atoms with van der Waals surface area (Å²) in [6, 6.07) is 0. The molecule has 0 rings (SSSR count). The molecule has 0 aliphatic heterocycles. The van der Waals surface area contributed by atoms with Crippen LogP contribution in [0.3, 0.4) is 0 Å². The molecule has 0 spiro atoms. The Hall–Kier alpha value is 0.350. The van der Waals surface area contributed by atoms with E-state index in [9.17, 15) is 0 Å². The standard InChI is InChI=1S/C28H57S/c1-3-5-7-9-11-13-15-16-17-18-20-22-24-26-28-29-27-25-23-21-19-14-12-10-8-6-4-2/h28H,3-27H2,1-2H3. The summed E-state index contributed by atoms with van der Waals surface area (Å²) in [5.41, 5.74) is 0. The van der Waals surface area contributed by atoms with Crippen LogP contribution in [0.1, 0.15) is 168 Å². The lowest BCUT2D eigenvalue weighted by molar-refractivity contribution is 0.540. The van der Waals surface area contributed by atoms with Gasteiger partial charge < -0.3 is 0 Å². The zero-order valence-electron chi connectivity index (χ0n) is 20.7. The maximum Gasteiger partial charge on any atom is 0.0166 e. The summed E-state index contributed by atoms with van der Waals surface area (Å²) in [5.74, 6) is 3.85. The number of rotatable bonds is 26. The van der Waals surface area contributed by atoms with Crippen LogP contribution in [-0.2, 0) is 0 Å². The fraction of sp³-hybridized carbons (Fsp3) is 0.964. The maximum absolute atomic E-state index is 2.49. The number of hydrogen-bond acceptors (Lipinski definition) is 1. The van der Waals surface area contributed by atoms with E-state index in [1.54, 1.807) is 0 Å². The summed E-state index contributed by atoms with van der Waals surface area (Å²) >= 11 is 2.09. The van der Waals surface area contributed by atoms with E-state index in [0.29, 0.717) is 0 Å². The van der Waals surface area contributed by atoms with Gasteiger partial charge in [0, 0.05) is 5.75 Å². The first kappa shape index (κ1) is 29.4. The quantitative estimate of drug-likeness (QED) is 0.124. The van der Waals surface area contributed by atoms with Crippen molar-refractivity contribution in [2.45, 2.75) is 168 Å². The molecule has 0 saturated carbocycles. The van der Waals surface area contributed by atoms with E-state index in [4.69, 9.17) is 0 Å². The Morgan fingerprint density at radius 2 is 0.690 bits per heavy atom. The Morgan fingerprint density at radius 1 is 0.379 bits per heavy atom. The highest BCUT2D eigenvalue weighted by Crippen LogP contribution is 2.18. The summed E-state index contributed by atoms with van der Waals surface area (Å²) in [7, 11) is 0. The molecule has 29 heavy (non-hydrogen) atoms. The van der Waals surface area contributed by atoms with Crippen LogP contribution in [0, 0.1) is 5.75 Å². The molecule has 0 heterocycles. The zero-order valence-corrected chi connectivity index (χ0v) is 21.5. The Kier molecular flexibility index (Phi) is 28.7. The van der Waals surface area contributed by atoms with Crippen LogP contribution in [0.2, 0.25) is 0 Å². The predicted molar refractivity (Wildman–Crippen MR) is 139 cm³/mol. The third-order valence-electron chi connectivity index (χ3n) is 6.16. The minimum Gasteiger partial charge on any atom is -0.157 e. The fourth-order valence-electron chi connectivity index (χ4n) is 4.08.